The van der Waals surface area contributed by atoms with Gasteiger partial charge in [-0.15, -0.1) is 0 Å². The Labute approximate surface area is 209 Å². The van der Waals surface area contributed by atoms with Crippen LogP contribution in [-0.2, 0) is 0 Å². The van der Waals surface area contributed by atoms with E-state index in [0.29, 0.717) is 12.0 Å². The number of allylic oxidation sites excluding steroid dienone is 3. The number of aromatic amines is 1. The highest BCUT2D eigenvalue weighted by Gasteiger charge is 2.38. The predicted octanol–water partition coefficient (Wildman–Crippen LogP) is 6.68. The summed E-state index contributed by atoms with van der Waals surface area (Å²) in [7, 11) is 0. The van der Waals surface area contributed by atoms with E-state index in [9.17, 15) is 0 Å². The van der Waals surface area contributed by atoms with Crippen LogP contribution < -0.4 is 5.32 Å². The summed E-state index contributed by atoms with van der Waals surface area (Å²) in [6.45, 7) is 13.9. The lowest BCUT2D eigenvalue weighted by molar-refractivity contribution is 0.248. The Balaban J connectivity index is 1.33. The maximum absolute atomic E-state index is 4.61. The maximum Gasteiger partial charge on any atom is 0.115 e. The van der Waals surface area contributed by atoms with Gasteiger partial charge < -0.3 is 5.32 Å². The fraction of sp³-hybridized carbons (Fsp3) is 0.323. The molecule has 2 fully saturated rings. The highest BCUT2D eigenvalue weighted by molar-refractivity contribution is 5.93. The van der Waals surface area contributed by atoms with Crippen LogP contribution in [0.5, 0.6) is 0 Å². The standard InChI is InChI=1S/C31H36N4/c1-4-23(21-35-16-10-7-11-17-35)18-24(5-2)26-14-15-29-28(19-26)31(34-33-29)22(3)32-30-20-27(30)25-12-8-6-9-13-25/h4-6,8-9,12-15,18-19,27,30,32H,1,3,7,10-11,16-17,20-21H2,2H3,(H,33,34)/b23-18+,24-5+/t27-,30?/m1/s1. The van der Waals surface area contributed by atoms with E-state index < -0.39 is 0 Å². The Bertz CT molecular complexity index is 1260. The third-order valence-electron chi connectivity index (χ3n) is 7.33. The molecule has 2 atom stereocenters. The van der Waals surface area contributed by atoms with Crippen molar-refractivity contribution >= 4 is 22.2 Å². The molecular formula is C31H36N4. The van der Waals surface area contributed by atoms with E-state index in [0.717, 1.165) is 35.3 Å². The third-order valence-corrected chi connectivity index (χ3v) is 7.33. The number of piperidine rings is 1. The van der Waals surface area contributed by atoms with Gasteiger partial charge in [0.1, 0.15) is 5.69 Å². The fourth-order valence-electron chi connectivity index (χ4n) is 5.22. The minimum Gasteiger partial charge on any atom is -0.380 e. The molecule has 1 aromatic heterocycles. The lowest BCUT2D eigenvalue weighted by Gasteiger charge is -2.26. The van der Waals surface area contributed by atoms with Gasteiger partial charge in [0.15, 0.2) is 0 Å². The maximum atomic E-state index is 4.61. The van der Waals surface area contributed by atoms with E-state index in [1.54, 1.807) is 0 Å². The van der Waals surface area contributed by atoms with Crippen molar-refractivity contribution in [1.29, 1.82) is 0 Å². The second kappa shape index (κ2) is 10.5. The van der Waals surface area contributed by atoms with E-state index in [1.165, 1.54) is 54.6 Å². The zero-order valence-corrected chi connectivity index (χ0v) is 20.8. The predicted molar refractivity (Wildman–Crippen MR) is 148 cm³/mol. The molecule has 180 valence electrons. The Kier molecular flexibility index (Phi) is 7.01. The van der Waals surface area contributed by atoms with Gasteiger partial charge in [0.05, 0.1) is 11.2 Å². The van der Waals surface area contributed by atoms with Gasteiger partial charge in [-0.3, -0.25) is 10.00 Å². The summed E-state index contributed by atoms with van der Waals surface area (Å²) in [5.41, 5.74) is 7.85. The van der Waals surface area contributed by atoms with Gasteiger partial charge in [-0.1, -0.05) is 74.2 Å². The summed E-state index contributed by atoms with van der Waals surface area (Å²) in [5.74, 6) is 0.547. The molecule has 2 heterocycles. The first kappa shape index (κ1) is 23.4. The average molecular weight is 465 g/mol. The summed E-state index contributed by atoms with van der Waals surface area (Å²) >= 11 is 0. The molecule has 4 nitrogen and oxygen atoms in total. The Morgan fingerprint density at radius 3 is 2.69 bits per heavy atom. The first-order valence-corrected chi connectivity index (χ1v) is 12.9. The number of H-pyrrole nitrogens is 1. The number of likely N-dealkylation sites (tertiary alicyclic amines) is 1. The van der Waals surface area contributed by atoms with Crippen molar-refractivity contribution in [3.8, 4) is 0 Å². The second-order valence-corrected chi connectivity index (χ2v) is 9.82. The molecule has 0 amide bonds. The summed E-state index contributed by atoms with van der Waals surface area (Å²) in [5, 5.41) is 12.5. The molecule has 0 spiro atoms. The van der Waals surface area contributed by atoms with E-state index in [2.05, 4.69) is 101 Å². The van der Waals surface area contributed by atoms with Crippen molar-refractivity contribution in [3.63, 3.8) is 0 Å². The highest BCUT2D eigenvalue weighted by Crippen LogP contribution is 2.42. The minimum atomic E-state index is 0.416. The van der Waals surface area contributed by atoms with Crippen LogP contribution >= 0.6 is 0 Å². The monoisotopic (exact) mass is 464 g/mol. The number of nitrogens with zero attached hydrogens (tertiary/aromatic N) is 2. The molecule has 0 radical (unpaired) electrons. The summed E-state index contributed by atoms with van der Waals surface area (Å²) in [6.07, 6.45) is 11.5. The molecule has 1 saturated carbocycles. The van der Waals surface area contributed by atoms with Crippen LogP contribution in [0.25, 0.3) is 22.2 Å². The molecule has 0 bridgehead atoms. The van der Waals surface area contributed by atoms with Crippen LogP contribution in [0.3, 0.4) is 0 Å². The van der Waals surface area contributed by atoms with Crippen molar-refractivity contribution in [2.24, 2.45) is 0 Å². The van der Waals surface area contributed by atoms with Gasteiger partial charge in [-0.05, 0) is 73.7 Å². The number of nitrogens with one attached hydrogen (secondary N) is 2. The van der Waals surface area contributed by atoms with E-state index in [4.69, 9.17) is 0 Å². The molecule has 2 aromatic carbocycles. The highest BCUT2D eigenvalue weighted by atomic mass is 15.1. The zero-order valence-electron chi connectivity index (χ0n) is 20.8. The largest absolute Gasteiger partial charge is 0.380 e. The number of rotatable bonds is 9. The molecule has 1 unspecified atom stereocenters. The lowest BCUT2D eigenvalue weighted by atomic mass is 9.99. The quantitative estimate of drug-likeness (QED) is 0.347. The number of benzene rings is 2. The molecule has 1 aliphatic heterocycles. The van der Waals surface area contributed by atoms with Gasteiger partial charge in [-0.25, -0.2) is 0 Å². The van der Waals surface area contributed by atoms with Crippen LogP contribution in [0.15, 0.2) is 85.5 Å². The van der Waals surface area contributed by atoms with Gasteiger partial charge in [0, 0.05) is 23.9 Å². The molecule has 5 rings (SSSR count). The van der Waals surface area contributed by atoms with Crippen molar-refractivity contribution in [1.82, 2.24) is 20.4 Å². The van der Waals surface area contributed by atoms with E-state index >= 15 is 0 Å². The summed E-state index contributed by atoms with van der Waals surface area (Å²) in [6, 6.07) is 17.6. The Morgan fingerprint density at radius 2 is 1.94 bits per heavy atom. The average Bonchev–Trinajstić information content (AvgIpc) is 3.54. The third kappa shape index (κ3) is 5.33. The van der Waals surface area contributed by atoms with Crippen LogP contribution in [0, 0.1) is 0 Å². The van der Waals surface area contributed by atoms with Gasteiger partial charge >= 0.3 is 0 Å². The van der Waals surface area contributed by atoms with E-state index in [-0.39, 0.29) is 0 Å². The molecule has 4 heteroatoms. The van der Waals surface area contributed by atoms with Crippen molar-refractivity contribution in [2.75, 3.05) is 19.6 Å². The van der Waals surface area contributed by atoms with Gasteiger partial charge in [0.25, 0.3) is 0 Å². The van der Waals surface area contributed by atoms with Crippen molar-refractivity contribution in [2.45, 2.75) is 44.6 Å². The van der Waals surface area contributed by atoms with Crippen molar-refractivity contribution in [3.05, 3.63) is 102 Å². The molecule has 2 N–H and O–H groups in total. The molecule has 35 heavy (non-hydrogen) atoms. The number of hydrogen-bond donors (Lipinski definition) is 2. The number of aromatic nitrogens is 2. The van der Waals surface area contributed by atoms with E-state index in [1.807, 2.05) is 6.08 Å². The lowest BCUT2D eigenvalue weighted by Crippen LogP contribution is -2.31. The second-order valence-electron chi connectivity index (χ2n) is 9.82. The molecule has 1 saturated heterocycles. The fourth-order valence-corrected chi connectivity index (χ4v) is 5.22. The van der Waals surface area contributed by atoms with Crippen LogP contribution in [0.1, 0.15) is 55.3 Å². The summed E-state index contributed by atoms with van der Waals surface area (Å²) in [4.78, 5) is 2.54. The first-order chi connectivity index (χ1) is 17.2. The van der Waals surface area contributed by atoms with Crippen LogP contribution in [-0.4, -0.2) is 40.8 Å². The minimum absolute atomic E-state index is 0.416. The topological polar surface area (TPSA) is 44.0 Å². The van der Waals surface area contributed by atoms with Gasteiger partial charge in [0.2, 0.25) is 0 Å². The molecule has 1 aliphatic carbocycles. The normalized spacial score (nSPS) is 21.2. The SMILES string of the molecule is C=C/C(=C\C(=C/C)c1ccc2[nH]nc(C(=C)NC3C[C@@H]3c3ccccc3)c2c1)CN1CCCCC1. The smallest absolute Gasteiger partial charge is 0.115 e. The summed E-state index contributed by atoms with van der Waals surface area (Å²) < 4.78 is 0. The van der Waals surface area contributed by atoms with Gasteiger partial charge in [-0.2, -0.15) is 5.10 Å². The van der Waals surface area contributed by atoms with Crippen LogP contribution in [0.2, 0.25) is 0 Å². The molecule has 3 aromatic rings. The molecule has 2 aliphatic rings. The Morgan fingerprint density at radius 1 is 1.14 bits per heavy atom. The Hall–Kier alpha value is -3.37. The zero-order chi connectivity index (χ0) is 24.2. The first-order valence-electron chi connectivity index (χ1n) is 12.9. The number of fused-ring (bicyclic) bond motifs is 1. The number of hydrogen-bond acceptors (Lipinski definition) is 3. The van der Waals surface area contributed by atoms with Crippen LogP contribution in [0.4, 0.5) is 0 Å². The van der Waals surface area contributed by atoms with Crippen molar-refractivity contribution < 1.29 is 0 Å². The molecular weight excluding hydrogens is 428 g/mol.